The predicted molar refractivity (Wildman–Crippen MR) is 103 cm³/mol. The van der Waals surface area contributed by atoms with E-state index in [-0.39, 0.29) is 35.5 Å². The van der Waals surface area contributed by atoms with Crippen LogP contribution < -0.4 is 4.90 Å². The van der Waals surface area contributed by atoms with Gasteiger partial charge in [-0.15, -0.1) is 0 Å². The Kier molecular flexibility index (Phi) is 3.45. The van der Waals surface area contributed by atoms with Crippen LogP contribution in [0.3, 0.4) is 0 Å². The fourth-order valence-corrected chi connectivity index (χ4v) is 5.90. The van der Waals surface area contributed by atoms with Crippen molar-refractivity contribution in [2.75, 3.05) is 19.0 Å². The lowest BCUT2D eigenvalue weighted by Gasteiger charge is -2.37. The first-order valence-electron chi connectivity index (χ1n) is 9.04. The molecule has 1 heterocycles. The molecule has 0 spiro atoms. The molecule has 3 fully saturated rings. The lowest BCUT2D eigenvalue weighted by molar-refractivity contribution is -0.140. The van der Waals surface area contributed by atoms with Crippen molar-refractivity contribution in [1.29, 1.82) is 0 Å². The predicted octanol–water partition coefficient (Wildman–Crippen LogP) is 2.90. The lowest BCUT2D eigenvalue weighted by atomic mass is 9.63. The molecule has 1 aromatic rings. The Morgan fingerprint density at radius 2 is 1.73 bits per heavy atom. The Hall–Kier alpha value is -1.95. The average Bonchev–Trinajstić information content (AvgIpc) is 3.39. The van der Waals surface area contributed by atoms with Gasteiger partial charge in [0.05, 0.1) is 23.7 Å². The van der Waals surface area contributed by atoms with E-state index in [0.29, 0.717) is 11.8 Å². The molecule has 5 nitrogen and oxygen atoms in total. The van der Waals surface area contributed by atoms with Crippen LogP contribution in [0.25, 0.3) is 0 Å². The third-order valence-electron chi connectivity index (χ3n) is 6.42. The summed E-state index contributed by atoms with van der Waals surface area (Å²) in [6.07, 6.45) is 7.13. The van der Waals surface area contributed by atoms with E-state index >= 15 is 0 Å². The highest BCUT2D eigenvalue weighted by Gasteiger charge is 2.67. The standard InChI is InChI=1S/C20H20BrN3O2/c1-23(2)16-6-3-10(7-15(16)21)9-22-24-19(25)17-11-4-5-12(14-8-13(11)14)18(17)20(24)26/h3-7,9,11-14,17-18H,8H2,1-2H3. The Morgan fingerprint density at radius 3 is 2.27 bits per heavy atom. The first kappa shape index (κ1) is 16.2. The Bertz CT molecular complexity index is 842. The van der Waals surface area contributed by atoms with Crippen LogP contribution in [0.5, 0.6) is 0 Å². The van der Waals surface area contributed by atoms with Crippen LogP contribution in [0, 0.1) is 35.5 Å². The molecule has 0 aromatic heterocycles. The number of imide groups is 1. The van der Waals surface area contributed by atoms with E-state index < -0.39 is 0 Å². The SMILES string of the molecule is CN(C)c1ccc(C=NN2C(=O)C3C4C=CC(C5CC45)C3C2=O)cc1Br. The number of anilines is 1. The Balaban J connectivity index is 1.40. The average molecular weight is 414 g/mol. The number of halogens is 1. The summed E-state index contributed by atoms with van der Waals surface area (Å²) in [6.45, 7) is 0. The zero-order valence-electron chi connectivity index (χ0n) is 14.7. The summed E-state index contributed by atoms with van der Waals surface area (Å²) in [7, 11) is 3.95. The number of benzene rings is 1. The van der Waals surface area contributed by atoms with Gasteiger partial charge < -0.3 is 4.90 Å². The summed E-state index contributed by atoms with van der Waals surface area (Å²) in [6, 6.07) is 5.86. The minimum absolute atomic E-state index is 0.120. The van der Waals surface area contributed by atoms with E-state index in [9.17, 15) is 9.59 Å². The fourth-order valence-electron chi connectivity index (χ4n) is 5.15. The maximum atomic E-state index is 12.9. The number of amides is 2. The molecule has 6 atom stereocenters. The van der Waals surface area contributed by atoms with Gasteiger partial charge in [-0.2, -0.15) is 10.1 Å². The molecule has 26 heavy (non-hydrogen) atoms. The quantitative estimate of drug-likeness (QED) is 0.434. The summed E-state index contributed by atoms with van der Waals surface area (Å²) >= 11 is 3.55. The number of hydrogen-bond donors (Lipinski definition) is 0. The molecule has 6 unspecified atom stereocenters. The first-order valence-corrected chi connectivity index (χ1v) is 9.83. The van der Waals surface area contributed by atoms with Gasteiger partial charge in [0.2, 0.25) is 0 Å². The second kappa shape index (κ2) is 5.52. The molecule has 6 heteroatoms. The molecule has 2 saturated carbocycles. The molecular weight excluding hydrogens is 394 g/mol. The highest BCUT2D eigenvalue weighted by Crippen LogP contribution is 2.65. The van der Waals surface area contributed by atoms with Gasteiger partial charge in [-0.05, 0) is 63.7 Å². The number of carbonyl (C=O) groups excluding carboxylic acids is 2. The lowest BCUT2D eigenvalue weighted by Crippen LogP contribution is -2.40. The largest absolute Gasteiger partial charge is 0.377 e. The normalized spacial score (nSPS) is 36.7. The third-order valence-corrected chi connectivity index (χ3v) is 7.05. The maximum Gasteiger partial charge on any atom is 0.254 e. The van der Waals surface area contributed by atoms with Gasteiger partial charge in [0.1, 0.15) is 0 Å². The third kappa shape index (κ3) is 2.17. The first-order chi connectivity index (χ1) is 12.5. The van der Waals surface area contributed by atoms with E-state index in [1.807, 2.05) is 37.2 Å². The van der Waals surface area contributed by atoms with Crippen molar-refractivity contribution in [3.8, 4) is 0 Å². The highest BCUT2D eigenvalue weighted by atomic mass is 79.9. The van der Waals surface area contributed by atoms with Crippen LogP contribution in [0.2, 0.25) is 0 Å². The molecule has 6 rings (SSSR count). The molecule has 5 aliphatic rings. The summed E-state index contributed by atoms with van der Waals surface area (Å²) in [5.74, 6) is 1.07. The van der Waals surface area contributed by atoms with Crippen LogP contribution in [0.4, 0.5) is 5.69 Å². The van der Waals surface area contributed by atoms with Gasteiger partial charge in [-0.1, -0.05) is 18.2 Å². The molecule has 1 aliphatic heterocycles. The summed E-state index contributed by atoms with van der Waals surface area (Å²) < 4.78 is 0.946. The highest BCUT2D eigenvalue weighted by molar-refractivity contribution is 9.10. The molecule has 0 radical (unpaired) electrons. The van der Waals surface area contributed by atoms with Crippen LogP contribution in [0.1, 0.15) is 12.0 Å². The molecule has 2 amide bonds. The maximum absolute atomic E-state index is 12.9. The van der Waals surface area contributed by atoms with Gasteiger partial charge in [0.25, 0.3) is 11.8 Å². The van der Waals surface area contributed by atoms with E-state index in [1.54, 1.807) is 6.21 Å². The summed E-state index contributed by atoms with van der Waals surface area (Å²) in [4.78, 5) is 27.8. The second-order valence-electron chi connectivity index (χ2n) is 7.99. The van der Waals surface area contributed by atoms with Crippen molar-refractivity contribution in [3.63, 3.8) is 0 Å². The second-order valence-corrected chi connectivity index (χ2v) is 8.85. The zero-order chi connectivity index (χ0) is 18.2. The van der Waals surface area contributed by atoms with Crippen molar-refractivity contribution in [1.82, 2.24) is 5.01 Å². The van der Waals surface area contributed by atoms with Gasteiger partial charge >= 0.3 is 0 Å². The number of rotatable bonds is 3. The minimum atomic E-state index is -0.193. The summed E-state index contributed by atoms with van der Waals surface area (Å²) in [5, 5.41) is 5.40. The zero-order valence-corrected chi connectivity index (χ0v) is 16.3. The number of hydrazone groups is 1. The van der Waals surface area contributed by atoms with Crippen molar-refractivity contribution in [2.45, 2.75) is 6.42 Å². The molecule has 1 saturated heterocycles. The van der Waals surface area contributed by atoms with Crippen molar-refractivity contribution < 1.29 is 9.59 Å². The van der Waals surface area contributed by atoms with E-state index in [4.69, 9.17) is 0 Å². The fraction of sp³-hybridized carbons (Fsp3) is 0.450. The molecule has 1 aromatic carbocycles. The Morgan fingerprint density at radius 1 is 1.12 bits per heavy atom. The van der Waals surface area contributed by atoms with Gasteiger partial charge in [-0.3, -0.25) is 9.59 Å². The van der Waals surface area contributed by atoms with E-state index in [0.717, 1.165) is 20.7 Å². The minimum Gasteiger partial charge on any atom is -0.377 e. The summed E-state index contributed by atoms with van der Waals surface area (Å²) in [5.41, 5.74) is 1.91. The monoisotopic (exact) mass is 413 g/mol. The van der Waals surface area contributed by atoms with Crippen molar-refractivity contribution >= 4 is 39.6 Å². The molecule has 0 N–H and O–H groups in total. The van der Waals surface area contributed by atoms with E-state index in [1.165, 1.54) is 6.42 Å². The number of carbonyl (C=O) groups is 2. The van der Waals surface area contributed by atoms with Crippen LogP contribution in [-0.4, -0.2) is 37.1 Å². The van der Waals surface area contributed by atoms with Gasteiger partial charge in [0, 0.05) is 18.6 Å². The van der Waals surface area contributed by atoms with Crippen LogP contribution in [0.15, 0.2) is 39.9 Å². The number of allylic oxidation sites excluding steroid dienone is 2. The molecule has 2 bridgehead atoms. The van der Waals surface area contributed by atoms with Gasteiger partial charge in [0.15, 0.2) is 0 Å². The number of hydrogen-bond acceptors (Lipinski definition) is 4. The van der Waals surface area contributed by atoms with Crippen molar-refractivity contribution in [2.24, 2.45) is 40.6 Å². The van der Waals surface area contributed by atoms with Crippen molar-refractivity contribution in [3.05, 3.63) is 40.4 Å². The van der Waals surface area contributed by atoms with E-state index in [2.05, 4.69) is 33.2 Å². The Labute approximate surface area is 160 Å². The van der Waals surface area contributed by atoms with Gasteiger partial charge in [-0.25, -0.2) is 0 Å². The van der Waals surface area contributed by atoms with Crippen LogP contribution >= 0.6 is 15.9 Å². The van der Waals surface area contributed by atoms with Crippen LogP contribution in [-0.2, 0) is 9.59 Å². The molecule has 134 valence electrons. The smallest absolute Gasteiger partial charge is 0.254 e. The topological polar surface area (TPSA) is 53.0 Å². The number of nitrogens with zero attached hydrogens (tertiary/aromatic N) is 3. The molecular formula is C20H20BrN3O2. The molecule has 4 aliphatic carbocycles.